The molecule has 2 aromatic carbocycles. The minimum atomic E-state index is -0.460. The molecular formula is C19H17ClN4O2S. The van der Waals surface area contributed by atoms with Crippen LogP contribution in [0.2, 0.25) is 5.02 Å². The Hall–Kier alpha value is -2.77. The molecule has 0 unspecified atom stereocenters. The lowest BCUT2D eigenvalue weighted by molar-refractivity contribution is -0.119. The van der Waals surface area contributed by atoms with Crippen molar-refractivity contribution < 1.29 is 9.59 Å². The summed E-state index contributed by atoms with van der Waals surface area (Å²) in [6.45, 7) is 0. The van der Waals surface area contributed by atoms with Gasteiger partial charge in [0.25, 0.3) is 5.91 Å². The minimum absolute atomic E-state index is 0.213. The summed E-state index contributed by atoms with van der Waals surface area (Å²) < 4.78 is 0. The maximum Gasteiger partial charge on any atom is 0.287 e. The van der Waals surface area contributed by atoms with Crippen molar-refractivity contribution in [1.82, 2.24) is 21.0 Å². The van der Waals surface area contributed by atoms with E-state index in [9.17, 15) is 9.59 Å². The summed E-state index contributed by atoms with van der Waals surface area (Å²) in [5.74, 6) is 0.115. The highest BCUT2D eigenvalue weighted by molar-refractivity contribution is 7.99. The minimum Gasteiger partial charge on any atom is -0.272 e. The van der Waals surface area contributed by atoms with Crippen LogP contribution in [0.4, 0.5) is 0 Å². The van der Waals surface area contributed by atoms with Gasteiger partial charge < -0.3 is 0 Å². The van der Waals surface area contributed by atoms with Gasteiger partial charge in [-0.1, -0.05) is 54.1 Å². The van der Waals surface area contributed by atoms with Crippen LogP contribution in [-0.2, 0) is 10.5 Å². The van der Waals surface area contributed by atoms with Crippen molar-refractivity contribution in [3.63, 3.8) is 0 Å². The normalized spacial score (nSPS) is 10.4. The zero-order chi connectivity index (χ0) is 19.1. The average molecular weight is 401 g/mol. The van der Waals surface area contributed by atoms with E-state index in [1.54, 1.807) is 12.1 Å². The van der Waals surface area contributed by atoms with Gasteiger partial charge in [0.2, 0.25) is 5.91 Å². The van der Waals surface area contributed by atoms with Crippen LogP contribution in [0.3, 0.4) is 0 Å². The number of carbonyl (C=O) groups excluding carboxylic acids is 2. The maximum absolute atomic E-state index is 12.1. The number of H-pyrrole nitrogens is 1. The number of halogens is 1. The number of nitrogens with zero attached hydrogens (tertiary/aromatic N) is 1. The second kappa shape index (κ2) is 9.25. The van der Waals surface area contributed by atoms with Crippen LogP contribution in [0.25, 0.3) is 11.3 Å². The van der Waals surface area contributed by atoms with E-state index < -0.39 is 5.91 Å². The molecule has 138 valence electrons. The van der Waals surface area contributed by atoms with Gasteiger partial charge in [0.05, 0.1) is 11.4 Å². The SMILES string of the molecule is O=C(CSCc1cccc(Cl)c1)NNC(=O)c1cc(-c2ccccc2)n[nH]1. The van der Waals surface area contributed by atoms with Crippen molar-refractivity contribution >= 4 is 35.2 Å². The zero-order valence-electron chi connectivity index (χ0n) is 14.2. The summed E-state index contributed by atoms with van der Waals surface area (Å²) in [5.41, 5.74) is 7.63. The predicted molar refractivity (Wildman–Crippen MR) is 107 cm³/mol. The quantitative estimate of drug-likeness (QED) is 0.553. The standard InChI is InChI=1S/C19H17ClN4O2S/c20-15-8-4-5-13(9-15)11-27-12-18(25)23-24-19(26)17-10-16(21-22-17)14-6-2-1-3-7-14/h1-10H,11-12H2,(H,21,22)(H,23,25)(H,24,26). The van der Waals surface area contributed by atoms with Gasteiger partial charge in [-0.05, 0) is 23.8 Å². The van der Waals surface area contributed by atoms with Gasteiger partial charge in [-0.2, -0.15) is 5.10 Å². The van der Waals surface area contributed by atoms with Gasteiger partial charge in [0.1, 0.15) is 5.69 Å². The Morgan fingerprint density at radius 2 is 1.85 bits per heavy atom. The van der Waals surface area contributed by atoms with Gasteiger partial charge in [0.15, 0.2) is 0 Å². The summed E-state index contributed by atoms with van der Waals surface area (Å²) in [5, 5.41) is 7.44. The average Bonchev–Trinajstić information content (AvgIpc) is 3.17. The zero-order valence-corrected chi connectivity index (χ0v) is 15.8. The van der Waals surface area contributed by atoms with Crippen molar-refractivity contribution in [2.75, 3.05) is 5.75 Å². The van der Waals surface area contributed by atoms with Gasteiger partial charge >= 0.3 is 0 Å². The van der Waals surface area contributed by atoms with Gasteiger partial charge in [-0.25, -0.2) is 0 Å². The molecule has 3 N–H and O–H groups in total. The van der Waals surface area contributed by atoms with E-state index in [0.717, 1.165) is 11.1 Å². The van der Waals surface area contributed by atoms with E-state index in [1.165, 1.54) is 11.8 Å². The van der Waals surface area contributed by atoms with E-state index >= 15 is 0 Å². The molecule has 3 rings (SSSR count). The third-order valence-electron chi connectivity index (χ3n) is 3.60. The van der Waals surface area contributed by atoms with Crippen LogP contribution >= 0.6 is 23.4 Å². The Labute approximate surface area is 165 Å². The fraction of sp³-hybridized carbons (Fsp3) is 0.105. The highest BCUT2D eigenvalue weighted by atomic mass is 35.5. The van der Waals surface area contributed by atoms with Crippen molar-refractivity contribution in [2.24, 2.45) is 0 Å². The third-order valence-corrected chi connectivity index (χ3v) is 4.84. The van der Waals surface area contributed by atoms with Crippen LogP contribution in [0.5, 0.6) is 0 Å². The molecule has 0 radical (unpaired) electrons. The molecule has 3 aromatic rings. The number of hydrazine groups is 1. The Morgan fingerprint density at radius 3 is 2.63 bits per heavy atom. The monoisotopic (exact) mass is 400 g/mol. The third kappa shape index (κ3) is 5.60. The summed E-state index contributed by atoms with van der Waals surface area (Å²) in [6.07, 6.45) is 0. The number of aromatic nitrogens is 2. The Morgan fingerprint density at radius 1 is 1.04 bits per heavy atom. The molecule has 0 aliphatic carbocycles. The molecule has 0 saturated heterocycles. The number of aromatic amines is 1. The van der Waals surface area contributed by atoms with Crippen LogP contribution < -0.4 is 10.9 Å². The topological polar surface area (TPSA) is 86.9 Å². The largest absolute Gasteiger partial charge is 0.287 e. The van der Waals surface area contributed by atoms with E-state index in [-0.39, 0.29) is 17.4 Å². The summed E-state index contributed by atoms with van der Waals surface area (Å²) in [7, 11) is 0. The Kier molecular flexibility index (Phi) is 6.51. The molecule has 0 aliphatic rings. The van der Waals surface area contributed by atoms with Gasteiger partial charge in [-0.15, -0.1) is 11.8 Å². The number of rotatable bonds is 6. The van der Waals surface area contributed by atoms with Gasteiger partial charge in [-0.3, -0.25) is 25.5 Å². The Bertz CT molecular complexity index is 930. The second-order valence-corrected chi connectivity index (χ2v) is 7.08. The first-order valence-corrected chi connectivity index (χ1v) is 9.67. The van der Waals surface area contributed by atoms with Crippen molar-refractivity contribution in [2.45, 2.75) is 5.75 Å². The fourth-order valence-corrected chi connectivity index (χ4v) is 3.30. The molecule has 0 fully saturated rings. The molecule has 0 spiro atoms. The summed E-state index contributed by atoms with van der Waals surface area (Å²) >= 11 is 7.36. The molecular weight excluding hydrogens is 384 g/mol. The second-order valence-electron chi connectivity index (χ2n) is 5.66. The fourth-order valence-electron chi connectivity index (χ4n) is 2.31. The van der Waals surface area contributed by atoms with Crippen LogP contribution in [0.15, 0.2) is 60.7 Å². The number of amides is 2. The molecule has 1 heterocycles. The molecule has 0 bridgehead atoms. The van der Waals surface area contributed by atoms with E-state index in [4.69, 9.17) is 11.6 Å². The number of hydrogen-bond acceptors (Lipinski definition) is 4. The molecule has 0 aliphatic heterocycles. The van der Waals surface area contributed by atoms with Crippen molar-refractivity contribution in [3.8, 4) is 11.3 Å². The lowest BCUT2D eigenvalue weighted by Gasteiger charge is -2.06. The first kappa shape index (κ1) is 19.0. The summed E-state index contributed by atoms with van der Waals surface area (Å²) in [6, 6.07) is 18.6. The van der Waals surface area contributed by atoms with Crippen LogP contribution in [-0.4, -0.2) is 27.8 Å². The highest BCUT2D eigenvalue weighted by Gasteiger charge is 2.12. The summed E-state index contributed by atoms with van der Waals surface area (Å²) in [4.78, 5) is 24.0. The smallest absolute Gasteiger partial charge is 0.272 e. The first-order valence-electron chi connectivity index (χ1n) is 8.14. The Balaban J connectivity index is 1.43. The molecule has 6 nitrogen and oxygen atoms in total. The predicted octanol–water partition coefficient (Wildman–Crippen LogP) is 3.42. The number of carbonyl (C=O) groups is 2. The lowest BCUT2D eigenvalue weighted by atomic mass is 10.1. The number of hydrogen-bond donors (Lipinski definition) is 3. The van der Waals surface area contributed by atoms with Crippen molar-refractivity contribution in [1.29, 1.82) is 0 Å². The molecule has 2 amide bonds. The maximum atomic E-state index is 12.1. The molecule has 27 heavy (non-hydrogen) atoms. The van der Waals surface area contributed by atoms with E-state index in [1.807, 2.05) is 48.5 Å². The number of benzene rings is 2. The number of thioether (sulfide) groups is 1. The molecule has 0 saturated carbocycles. The van der Waals surface area contributed by atoms with Crippen molar-refractivity contribution in [3.05, 3.63) is 76.9 Å². The number of nitrogens with one attached hydrogen (secondary N) is 3. The lowest BCUT2D eigenvalue weighted by Crippen LogP contribution is -2.42. The molecule has 8 heteroatoms. The highest BCUT2D eigenvalue weighted by Crippen LogP contribution is 2.17. The first-order chi connectivity index (χ1) is 13.1. The molecule has 0 atom stereocenters. The van der Waals surface area contributed by atoms with Crippen LogP contribution in [0.1, 0.15) is 16.1 Å². The van der Waals surface area contributed by atoms with E-state index in [0.29, 0.717) is 16.5 Å². The molecule has 1 aromatic heterocycles. The van der Waals surface area contributed by atoms with E-state index in [2.05, 4.69) is 21.0 Å². The van der Waals surface area contributed by atoms with Gasteiger partial charge in [0, 0.05) is 16.3 Å². The van der Waals surface area contributed by atoms with Crippen LogP contribution in [0, 0.1) is 0 Å².